The SMILES string of the molecule is NCC#Cc1ccccc1Cn1ncccc1=O. The minimum atomic E-state index is -0.126. The Morgan fingerprint density at radius 2 is 2.06 bits per heavy atom. The number of hydrogen-bond donors (Lipinski definition) is 1. The van der Waals surface area contributed by atoms with Crippen molar-refractivity contribution in [2.75, 3.05) is 6.54 Å². The summed E-state index contributed by atoms with van der Waals surface area (Å²) >= 11 is 0. The number of nitrogens with two attached hydrogens (primary N) is 1. The minimum absolute atomic E-state index is 0.126. The van der Waals surface area contributed by atoms with Crippen LogP contribution in [0.2, 0.25) is 0 Å². The fraction of sp³-hybridized carbons (Fsp3) is 0.143. The number of hydrogen-bond acceptors (Lipinski definition) is 3. The van der Waals surface area contributed by atoms with Crippen LogP contribution in [0.1, 0.15) is 11.1 Å². The summed E-state index contributed by atoms with van der Waals surface area (Å²) in [6, 6.07) is 10.8. The standard InChI is InChI=1S/C14H13N3O/c15-9-3-7-12-5-1-2-6-13(12)11-17-14(18)8-4-10-16-17/h1-2,4-6,8,10H,9,11,15H2. The molecule has 90 valence electrons. The van der Waals surface area contributed by atoms with Crippen LogP contribution in [-0.4, -0.2) is 16.3 Å². The molecule has 4 heteroatoms. The molecular formula is C14H13N3O. The van der Waals surface area contributed by atoms with Crippen molar-refractivity contribution in [3.63, 3.8) is 0 Å². The van der Waals surface area contributed by atoms with Crippen LogP contribution in [0.25, 0.3) is 0 Å². The van der Waals surface area contributed by atoms with Gasteiger partial charge >= 0.3 is 0 Å². The summed E-state index contributed by atoms with van der Waals surface area (Å²) in [7, 11) is 0. The second-order valence-electron chi connectivity index (χ2n) is 3.68. The molecule has 0 saturated carbocycles. The van der Waals surface area contributed by atoms with Crippen molar-refractivity contribution in [2.45, 2.75) is 6.54 Å². The minimum Gasteiger partial charge on any atom is -0.320 e. The van der Waals surface area contributed by atoms with Crippen molar-refractivity contribution in [2.24, 2.45) is 5.73 Å². The van der Waals surface area contributed by atoms with Crippen LogP contribution < -0.4 is 11.3 Å². The summed E-state index contributed by atoms with van der Waals surface area (Å²) in [6.45, 7) is 0.729. The Morgan fingerprint density at radius 3 is 2.83 bits per heavy atom. The van der Waals surface area contributed by atoms with Gasteiger partial charge in [0.2, 0.25) is 0 Å². The molecule has 0 unspecified atom stereocenters. The average Bonchev–Trinajstić information content (AvgIpc) is 2.40. The molecule has 0 aliphatic rings. The quantitative estimate of drug-likeness (QED) is 0.781. The Bertz CT molecular complexity index is 650. The summed E-state index contributed by atoms with van der Waals surface area (Å²) < 4.78 is 1.41. The van der Waals surface area contributed by atoms with Crippen LogP contribution in [0, 0.1) is 11.8 Å². The zero-order valence-electron chi connectivity index (χ0n) is 9.84. The second-order valence-corrected chi connectivity index (χ2v) is 3.68. The highest BCUT2D eigenvalue weighted by molar-refractivity contribution is 5.41. The van der Waals surface area contributed by atoms with Crippen LogP contribution in [0.3, 0.4) is 0 Å². The van der Waals surface area contributed by atoms with Crippen molar-refractivity contribution in [3.05, 3.63) is 64.1 Å². The van der Waals surface area contributed by atoms with E-state index in [-0.39, 0.29) is 5.56 Å². The molecule has 0 bridgehead atoms. The average molecular weight is 239 g/mol. The molecule has 0 atom stereocenters. The number of nitrogens with zero attached hydrogens (tertiary/aromatic N) is 2. The number of aromatic nitrogens is 2. The van der Waals surface area contributed by atoms with Crippen molar-refractivity contribution in [1.82, 2.24) is 9.78 Å². The van der Waals surface area contributed by atoms with Gasteiger partial charge in [-0.15, -0.1) is 0 Å². The normalized spacial score (nSPS) is 9.61. The van der Waals surface area contributed by atoms with Gasteiger partial charge in [0, 0.05) is 17.8 Å². The van der Waals surface area contributed by atoms with Gasteiger partial charge in [0.25, 0.3) is 5.56 Å². The van der Waals surface area contributed by atoms with E-state index in [1.807, 2.05) is 24.3 Å². The van der Waals surface area contributed by atoms with Crippen molar-refractivity contribution in [3.8, 4) is 11.8 Å². The topological polar surface area (TPSA) is 60.9 Å². The third-order valence-electron chi connectivity index (χ3n) is 2.45. The number of benzene rings is 1. The first-order valence-electron chi connectivity index (χ1n) is 5.60. The molecule has 0 aliphatic heterocycles. The summed E-state index contributed by atoms with van der Waals surface area (Å²) in [5.41, 5.74) is 7.07. The third kappa shape index (κ3) is 2.84. The van der Waals surface area contributed by atoms with Gasteiger partial charge in [0.15, 0.2) is 0 Å². The second kappa shape index (κ2) is 5.80. The Balaban J connectivity index is 2.35. The largest absolute Gasteiger partial charge is 0.320 e. The predicted molar refractivity (Wildman–Crippen MR) is 70.0 cm³/mol. The Hall–Kier alpha value is -2.38. The molecule has 2 rings (SSSR count). The van der Waals surface area contributed by atoms with E-state index in [0.717, 1.165) is 11.1 Å². The maximum Gasteiger partial charge on any atom is 0.267 e. The first-order chi connectivity index (χ1) is 8.81. The molecule has 2 N–H and O–H groups in total. The van der Waals surface area contributed by atoms with Crippen LogP contribution in [0.15, 0.2) is 47.4 Å². The molecule has 0 radical (unpaired) electrons. The van der Waals surface area contributed by atoms with E-state index in [4.69, 9.17) is 5.73 Å². The maximum absolute atomic E-state index is 11.6. The summed E-state index contributed by atoms with van der Waals surface area (Å²) in [6.07, 6.45) is 1.59. The highest BCUT2D eigenvalue weighted by Gasteiger charge is 2.02. The Labute approximate surface area is 105 Å². The van der Waals surface area contributed by atoms with E-state index < -0.39 is 0 Å². The van der Waals surface area contributed by atoms with Crippen molar-refractivity contribution in [1.29, 1.82) is 0 Å². The molecule has 1 aromatic carbocycles. The van der Waals surface area contributed by atoms with E-state index in [0.29, 0.717) is 13.1 Å². The molecule has 0 aliphatic carbocycles. The van der Waals surface area contributed by atoms with Gasteiger partial charge in [-0.05, 0) is 17.7 Å². The van der Waals surface area contributed by atoms with E-state index in [1.54, 1.807) is 12.3 Å². The van der Waals surface area contributed by atoms with Gasteiger partial charge in [0.05, 0.1) is 13.1 Å². The third-order valence-corrected chi connectivity index (χ3v) is 2.45. The fourth-order valence-corrected chi connectivity index (χ4v) is 1.59. The molecule has 0 saturated heterocycles. The summed E-state index contributed by atoms with van der Waals surface area (Å²) in [4.78, 5) is 11.6. The molecule has 1 aromatic heterocycles. The first kappa shape index (κ1) is 12.1. The molecule has 18 heavy (non-hydrogen) atoms. The highest BCUT2D eigenvalue weighted by Crippen LogP contribution is 2.07. The van der Waals surface area contributed by atoms with Crippen molar-refractivity contribution >= 4 is 0 Å². The van der Waals surface area contributed by atoms with E-state index >= 15 is 0 Å². The lowest BCUT2D eigenvalue weighted by Gasteiger charge is -2.05. The highest BCUT2D eigenvalue weighted by atomic mass is 16.1. The maximum atomic E-state index is 11.6. The van der Waals surface area contributed by atoms with E-state index in [9.17, 15) is 4.79 Å². The van der Waals surface area contributed by atoms with Crippen LogP contribution in [0.5, 0.6) is 0 Å². The first-order valence-corrected chi connectivity index (χ1v) is 5.60. The molecule has 0 fully saturated rings. The predicted octanol–water partition coefficient (Wildman–Crippen LogP) is 0.602. The van der Waals surface area contributed by atoms with E-state index in [1.165, 1.54) is 10.7 Å². The Kier molecular flexibility index (Phi) is 3.90. The van der Waals surface area contributed by atoms with Gasteiger partial charge in [-0.25, -0.2) is 4.68 Å². The molecule has 4 nitrogen and oxygen atoms in total. The zero-order chi connectivity index (χ0) is 12.8. The van der Waals surface area contributed by atoms with Gasteiger partial charge < -0.3 is 5.73 Å². The van der Waals surface area contributed by atoms with Gasteiger partial charge in [0.1, 0.15) is 0 Å². The lowest BCUT2D eigenvalue weighted by atomic mass is 10.1. The van der Waals surface area contributed by atoms with Crippen LogP contribution in [0.4, 0.5) is 0 Å². The molecule has 1 heterocycles. The molecule has 0 spiro atoms. The van der Waals surface area contributed by atoms with E-state index in [2.05, 4.69) is 16.9 Å². The van der Waals surface area contributed by atoms with Gasteiger partial charge in [-0.2, -0.15) is 5.10 Å². The Morgan fingerprint density at radius 1 is 1.22 bits per heavy atom. The summed E-state index contributed by atoms with van der Waals surface area (Å²) in [5, 5.41) is 4.03. The molecule has 0 amide bonds. The number of rotatable bonds is 2. The smallest absolute Gasteiger partial charge is 0.267 e. The van der Waals surface area contributed by atoms with Gasteiger partial charge in [-0.3, -0.25) is 4.79 Å². The fourth-order valence-electron chi connectivity index (χ4n) is 1.59. The van der Waals surface area contributed by atoms with Crippen molar-refractivity contribution < 1.29 is 0 Å². The lowest BCUT2D eigenvalue weighted by molar-refractivity contribution is 0.638. The molecule has 2 aromatic rings. The lowest BCUT2D eigenvalue weighted by Crippen LogP contribution is -2.22. The van der Waals surface area contributed by atoms with Crippen LogP contribution in [-0.2, 0) is 6.54 Å². The van der Waals surface area contributed by atoms with Gasteiger partial charge in [-0.1, -0.05) is 30.0 Å². The molecular weight excluding hydrogens is 226 g/mol. The summed E-state index contributed by atoms with van der Waals surface area (Å²) in [5.74, 6) is 5.81. The van der Waals surface area contributed by atoms with Crippen LogP contribution >= 0.6 is 0 Å². The zero-order valence-corrected chi connectivity index (χ0v) is 9.84. The monoisotopic (exact) mass is 239 g/mol.